The van der Waals surface area contributed by atoms with Crippen LogP contribution in [0.15, 0.2) is 36.9 Å². The van der Waals surface area contributed by atoms with E-state index in [-0.39, 0.29) is 18.4 Å². The van der Waals surface area contributed by atoms with E-state index in [1.54, 1.807) is 18.7 Å². The molecule has 0 aliphatic carbocycles. The van der Waals surface area contributed by atoms with Gasteiger partial charge in [-0.1, -0.05) is 6.07 Å². The molecule has 1 aromatic heterocycles. The van der Waals surface area contributed by atoms with E-state index in [0.29, 0.717) is 0 Å². The monoisotopic (exact) mass is 320 g/mol. The van der Waals surface area contributed by atoms with Gasteiger partial charge < -0.3 is 9.80 Å². The summed E-state index contributed by atoms with van der Waals surface area (Å²) >= 11 is 0. The lowest BCUT2D eigenvalue weighted by Crippen LogP contribution is -2.49. The molecule has 1 aliphatic rings. The molecule has 0 atom stereocenters. The minimum Gasteiger partial charge on any atom is -0.368 e. The smallest absolute Gasteiger partial charge is 0.329 e. The van der Waals surface area contributed by atoms with Crippen molar-refractivity contribution in [2.45, 2.75) is 13.8 Å². The number of anilines is 1. The van der Waals surface area contributed by atoms with E-state index in [2.05, 4.69) is 41.9 Å². The maximum absolute atomic E-state index is 12.2. The lowest BCUT2D eigenvalue weighted by Gasteiger charge is -2.36. The number of hydrogen-bond donors (Lipinski definition) is 0. The Labute approximate surface area is 137 Å². The molecular formula is C16H21ClN4O. The van der Waals surface area contributed by atoms with Gasteiger partial charge in [0.15, 0.2) is 0 Å². The molecule has 3 rings (SSSR count). The molecule has 22 heavy (non-hydrogen) atoms. The number of piperazine rings is 1. The number of benzene rings is 1. The van der Waals surface area contributed by atoms with E-state index in [9.17, 15) is 4.79 Å². The summed E-state index contributed by atoms with van der Waals surface area (Å²) < 4.78 is 1.53. The Morgan fingerprint density at radius 2 is 1.68 bits per heavy atom. The fourth-order valence-electron chi connectivity index (χ4n) is 2.82. The summed E-state index contributed by atoms with van der Waals surface area (Å²) in [6.45, 7) is 7.45. The molecule has 0 radical (unpaired) electrons. The van der Waals surface area contributed by atoms with Crippen LogP contribution in [-0.4, -0.2) is 46.7 Å². The topological polar surface area (TPSA) is 41.4 Å². The van der Waals surface area contributed by atoms with Gasteiger partial charge in [0, 0.05) is 44.3 Å². The van der Waals surface area contributed by atoms with Crippen LogP contribution in [0.5, 0.6) is 0 Å². The number of aryl methyl sites for hydroxylation is 2. The quantitative estimate of drug-likeness (QED) is 0.811. The van der Waals surface area contributed by atoms with Gasteiger partial charge in [0.1, 0.15) is 6.33 Å². The Balaban J connectivity index is 0.00000176. The number of hydrogen-bond acceptors (Lipinski definition) is 3. The molecule has 2 heterocycles. The maximum atomic E-state index is 12.2. The molecule has 0 unspecified atom stereocenters. The minimum absolute atomic E-state index is 0. The largest absolute Gasteiger partial charge is 0.368 e. The molecule has 6 heteroatoms. The van der Waals surface area contributed by atoms with Gasteiger partial charge in [-0.25, -0.2) is 9.78 Å². The zero-order chi connectivity index (χ0) is 14.8. The van der Waals surface area contributed by atoms with Crippen molar-refractivity contribution in [1.29, 1.82) is 0 Å². The molecular weight excluding hydrogens is 300 g/mol. The molecule has 2 aromatic rings. The van der Waals surface area contributed by atoms with Gasteiger partial charge in [0.25, 0.3) is 0 Å². The lowest BCUT2D eigenvalue weighted by atomic mass is 10.1. The fourth-order valence-corrected chi connectivity index (χ4v) is 2.82. The van der Waals surface area contributed by atoms with Crippen LogP contribution >= 0.6 is 12.4 Å². The van der Waals surface area contributed by atoms with Gasteiger partial charge in [0.2, 0.25) is 0 Å². The van der Waals surface area contributed by atoms with Crippen molar-refractivity contribution in [2.75, 3.05) is 31.1 Å². The molecule has 0 bridgehead atoms. The van der Waals surface area contributed by atoms with E-state index in [1.165, 1.54) is 21.4 Å². The number of amides is 1. The first-order valence-electron chi connectivity index (χ1n) is 7.24. The van der Waals surface area contributed by atoms with Crippen molar-refractivity contribution in [1.82, 2.24) is 14.5 Å². The molecule has 1 saturated heterocycles. The zero-order valence-electron chi connectivity index (χ0n) is 12.9. The number of carbonyl (C=O) groups is 1. The van der Waals surface area contributed by atoms with E-state index < -0.39 is 0 Å². The SMILES string of the molecule is Cc1cc(C)cc(N2CCN(C(=O)n3ccnc3)CC2)c1.Cl. The van der Waals surface area contributed by atoms with Crippen molar-refractivity contribution in [3.63, 3.8) is 0 Å². The van der Waals surface area contributed by atoms with Crippen molar-refractivity contribution in [3.8, 4) is 0 Å². The average molecular weight is 321 g/mol. The molecule has 0 spiro atoms. The van der Waals surface area contributed by atoms with Crippen molar-refractivity contribution >= 4 is 24.1 Å². The van der Waals surface area contributed by atoms with Gasteiger partial charge in [-0.2, -0.15) is 0 Å². The number of rotatable bonds is 1. The maximum Gasteiger partial charge on any atom is 0.329 e. The summed E-state index contributed by atoms with van der Waals surface area (Å²) in [4.78, 5) is 20.4. The zero-order valence-corrected chi connectivity index (χ0v) is 13.7. The lowest BCUT2D eigenvalue weighted by molar-refractivity contribution is 0.196. The van der Waals surface area contributed by atoms with Crippen LogP contribution in [0.1, 0.15) is 11.1 Å². The summed E-state index contributed by atoms with van der Waals surface area (Å²) in [5.41, 5.74) is 3.81. The second-order valence-electron chi connectivity index (χ2n) is 5.57. The third-order valence-electron chi connectivity index (χ3n) is 3.85. The van der Waals surface area contributed by atoms with Crippen LogP contribution in [0, 0.1) is 13.8 Å². The highest BCUT2D eigenvalue weighted by Gasteiger charge is 2.22. The number of carbonyl (C=O) groups excluding carboxylic acids is 1. The molecule has 0 saturated carbocycles. The third kappa shape index (κ3) is 3.42. The molecule has 118 valence electrons. The van der Waals surface area contributed by atoms with Crippen LogP contribution in [0.3, 0.4) is 0 Å². The van der Waals surface area contributed by atoms with Gasteiger partial charge in [-0.15, -0.1) is 12.4 Å². The molecule has 1 fully saturated rings. The molecule has 0 N–H and O–H groups in total. The summed E-state index contributed by atoms with van der Waals surface area (Å²) in [5, 5.41) is 0. The molecule has 1 aromatic carbocycles. The number of halogens is 1. The highest BCUT2D eigenvalue weighted by atomic mass is 35.5. The van der Waals surface area contributed by atoms with Gasteiger partial charge in [-0.05, 0) is 37.1 Å². The van der Waals surface area contributed by atoms with Crippen LogP contribution in [0.2, 0.25) is 0 Å². The highest BCUT2D eigenvalue weighted by Crippen LogP contribution is 2.20. The van der Waals surface area contributed by atoms with Gasteiger partial charge in [0.05, 0.1) is 0 Å². The molecule has 5 nitrogen and oxygen atoms in total. The van der Waals surface area contributed by atoms with Gasteiger partial charge >= 0.3 is 6.03 Å². The fraction of sp³-hybridized carbons (Fsp3) is 0.375. The Bertz CT molecular complexity index is 613. The number of aromatic nitrogens is 2. The predicted molar refractivity (Wildman–Crippen MR) is 90.0 cm³/mol. The van der Waals surface area contributed by atoms with Crippen molar-refractivity contribution < 1.29 is 4.79 Å². The Morgan fingerprint density at radius 1 is 1.05 bits per heavy atom. The van der Waals surface area contributed by atoms with Crippen LogP contribution < -0.4 is 4.90 Å². The second kappa shape index (κ2) is 6.83. The van der Waals surface area contributed by atoms with Crippen LogP contribution in [0.4, 0.5) is 10.5 Å². The van der Waals surface area contributed by atoms with E-state index in [0.717, 1.165) is 26.2 Å². The second-order valence-corrected chi connectivity index (χ2v) is 5.57. The first-order valence-corrected chi connectivity index (χ1v) is 7.24. The first-order chi connectivity index (χ1) is 10.1. The standard InChI is InChI=1S/C16H20N4O.ClH/c1-13-9-14(2)11-15(10-13)18-5-7-19(8-6-18)16(21)20-4-3-17-12-20;/h3-4,9-12H,5-8H2,1-2H3;1H. The minimum atomic E-state index is 0. The average Bonchev–Trinajstić information content (AvgIpc) is 3.00. The Morgan fingerprint density at radius 3 is 2.23 bits per heavy atom. The number of imidazole rings is 1. The summed E-state index contributed by atoms with van der Waals surface area (Å²) in [5.74, 6) is 0. The summed E-state index contributed by atoms with van der Waals surface area (Å²) in [6.07, 6.45) is 4.88. The third-order valence-corrected chi connectivity index (χ3v) is 3.85. The van der Waals surface area contributed by atoms with Crippen molar-refractivity contribution in [2.24, 2.45) is 0 Å². The first kappa shape index (κ1) is 16.4. The van der Waals surface area contributed by atoms with Crippen LogP contribution in [-0.2, 0) is 0 Å². The normalized spacial score (nSPS) is 14.6. The molecule has 1 amide bonds. The predicted octanol–water partition coefficient (Wildman–Crippen LogP) is 2.71. The Hall–Kier alpha value is -2.01. The van der Waals surface area contributed by atoms with Gasteiger partial charge in [-0.3, -0.25) is 4.57 Å². The highest BCUT2D eigenvalue weighted by molar-refractivity contribution is 5.85. The van der Waals surface area contributed by atoms with Crippen LogP contribution in [0.25, 0.3) is 0 Å². The summed E-state index contributed by atoms with van der Waals surface area (Å²) in [6, 6.07) is 6.61. The van der Waals surface area contributed by atoms with E-state index in [4.69, 9.17) is 0 Å². The number of nitrogens with zero attached hydrogens (tertiary/aromatic N) is 4. The summed E-state index contributed by atoms with van der Waals surface area (Å²) in [7, 11) is 0. The Kier molecular flexibility index (Phi) is 5.08. The van der Waals surface area contributed by atoms with E-state index in [1.807, 2.05) is 4.90 Å². The van der Waals surface area contributed by atoms with Crippen molar-refractivity contribution in [3.05, 3.63) is 48.0 Å². The molecule has 1 aliphatic heterocycles. The van der Waals surface area contributed by atoms with E-state index >= 15 is 0 Å².